The smallest absolute Gasteiger partial charge is 0.258 e. The Kier molecular flexibility index (Phi) is 6.70. The lowest BCUT2D eigenvalue weighted by Crippen LogP contribution is -2.34. The van der Waals surface area contributed by atoms with E-state index in [1.54, 1.807) is 42.8 Å². The predicted molar refractivity (Wildman–Crippen MR) is 126 cm³/mol. The molecule has 5 nitrogen and oxygen atoms in total. The molecule has 3 aromatic heterocycles. The van der Waals surface area contributed by atoms with E-state index in [1.807, 2.05) is 12.1 Å². The van der Waals surface area contributed by atoms with E-state index in [1.165, 1.54) is 14.8 Å². The standard InChI is InChI=1S/C24H24ClN3O2S/c1-17(12-22-4-3-11-31-22)27(14-18-5-8-21(30-2)9-6-18)16-20-13-24(29)28-15-19(25)7-10-23(28)26-20/h3-11,13,15,17H,12,14,16H2,1-2H3. The fourth-order valence-electron chi connectivity index (χ4n) is 3.60. The second-order valence-electron chi connectivity index (χ2n) is 7.55. The Hall–Kier alpha value is -2.67. The lowest BCUT2D eigenvalue weighted by molar-refractivity contribution is 0.188. The molecule has 0 bridgehead atoms. The molecule has 0 saturated carbocycles. The molecule has 0 aliphatic rings. The maximum atomic E-state index is 12.6. The van der Waals surface area contributed by atoms with E-state index < -0.39 is 0 Å². The van der Waals surface area contributed by atoms with Crippen LogP contribution in [0.1, 0.15) is 23.1 Å². The van der Waals surface area contributed by atoms with Gasteiger partial charge in [-0.25, -0.2) is 4.98 Å². The van der Waals surface area contributed by atoms with E-state index in [0.717, 1.165) is 24.4 Å². The number of benzene rings is 1. The van der Waals surface area contributed by atoms with Gasteiger partial charge in [-0.1, -0.05) is 29.8 Å². The van der Waals surface area contributed by atoms with Crippen molar-refractivity contribution in [3.63, 3.8) is 0 Å². The summed E-state index contributed by atoms with van der Waals surface area (Å²) in [6.07, 6.45) is 2.54. The van der Waals surface area contributed by atoms with Crippen LogP contribution in [-0.4, -0.2) is 27.4 Å². The summed E-state index contributed by atoms with van der Waals surface area (Å²) < 4.78 is 6.76. The molecule has 0 amide bonds. The van der Waals surface area contributed by atoms with Gasteiger partial charge in [0.2, 0.25) is 0 Å². The maximum Gasteiger partial charge on any atom is 0.258 e. The number of aromatic nitrogens is 2. The number of thiophene rings is 1. The van der Waals surface area contributed by atoms with Gasteiger partial charge in [0.05, 0.1) is 17.8 Å². The summed E-state index contributed by atoms with van der Waals surface area (Å²) in [4.78, 5) is 21.0. The van der Waals surface area contributed by atoms with E-state index in [9.17, 15) is 4.79 Å². The van der Waals surface area contributed by atoms with Gasteiger partial charge >= 0.3 is 0 Å². The Morgan fingerprint density at radius 3 is 2.68 bits per heavy atom. The van der Waals surface area contributed by atoms with Gasteiger partial charge in [-0.15, -0.1) is 11.3 Å². The highest BCUT2D eigenvalue weighted by atomic mass is 35.5. The minimum absolute atomic E-state index is 0.127. The molecular weight excluding hydrogens is 430 g/mol. The summed E-state index contributed by atoms with van der Waals surface area (Å²) in [6.45, 7) is 3.54. The van der Waals surface area contributed by atoms with Crippen LogP contribution in [0.25, 0.3) is 5.65 Å². The van der Waals surface area contributed by atoms with Gasteiger partial charge in [-0.05, 0) is 54.6 Å². The molecule has 0 spiro atoms. The van der Waals surface area contributed by atoms with Gasteiger partial charge in [0.25, 0.3) is 5.56 Å². The van der Waals surface area contributed by atoms with E-state index in [4.69, 9.17) is 21.3 Å². The van der Waals surface area contributed by atoms with Gasteiger partial charge < -0.3 is 4.74 Å². The fraction of sp³-hybridized carbons (Fsp3) is 0.250. The van der Waals surface area contributed by atoms with Crippen LogP contribution in [0.15, 0.2) is 71.0 Å². The number of hydrogen-bond donors (Lipinski definition) is 0. The minimum atomic E-state index is -0.127. The van der Waals surface area contributed by atoms with Crippen molar-refractivity contribution in [3.05, 3.63) is 97.7 Å². The van der Waals surface area contributed by atoms with Gasteiger partial charge in [-0.3, -0.25) is 14.1 Å². The molecule has 160 valence electrons. The number of fused-ring (bicyclic) bond motifs is 1. The molecule has 4 rings (SSSR count). The van der Waals surface area contributed by atoms with Crippen LogP contribution in [0.4, 0.5) is 0 Å². The fourth-order valence-corrected chi connectivity index (χ4v) is 4.58. The third-order valence-corrected chi connectivity index (χ3v) is 6.41. The zero-order valence-corrected chi connectivity index (χ0v) is 19.1. The van der Waals surface area contributed by atoms with Crippen molar-refractivity contribution < 1.29 is 4.74 Å². The molecule has 3 heterocycles. The molecule has 0 radical (unpaired) electrons. The number of methoxy groups -OCH3 is 1. The van der Waals surface area contributed by atoms with Crippen LogP contribution >= 0.6 is 22.9 Å². The van der Waals surface area contributed by atoms with Gasteiger partial charge in [0.1, 0.15) is 11.4 Å². The summed E-state index contributed by atoms with van der Waals surface area (Å²) in [5, 5.41) is 2.61. The number of rotatable bonds is 8. The first-order valence-electron chi connectivity index (χ1n) is 10.1. The average molecular weight is 454 g/mol. The van der Waals surface area contributed by atoms with Crippen molar-refractivity contribution in [2.45, 2.75) is 32.5 Å². The van der Waals surface area contributed by atoms with E-state index in [-0.39, 0.29) is 11.6 Å². The van der Waals surface area contributed by atoms with E-state index in [2.05, 4.69) is 41.5 Å². The van der Waals surface area contributed by atoms with E-state index in [0.29, 0.717) is 17.2 Å². The molecule has 0 saturated heterocycles. The highest BCUT2D eigenvalue weighted by Gasteiger charge is 2.18. The lowest BCUT2D eigenvalue weighted by Gasteiger charge is -2.29. The second kappa shape index (κ2) is 9.64. The highest BCUT2D eigenvalue weighted by Crippen LogP contribution is 2.20. The van der Waals surface area contributed by atoms with Crippen molar-refractivity contribution >= 4 is 28.6 Å². The van der Waals surface area contributed by atoms with Crippen molar-refractivity contribution in [2.75, 3.05) is 7.11 Å². The SMILES string of the molecule is COc1ccc(CN(Cc2cc(=O)n3cc(Cl)ccc3n2)C(C)Cc2cccs2)cc1. The monoisotopic (exact) mass is 453 g/mol. The summed E-state index contributed by atoms with van der Waals surface area (Å²) in [6, 6.07) is 17.7. The summed E-state index contributed by atoms with van der Waals surface area (Å²) >= 11 is 7.80. The summed E-state index contributed by atoms with van der Waals surface area (Å²) in [7, 11) is 1.67. The zero-order valence-electron chi connectivity index (χ0n) is 17.5. The predicted octanol–water partition coefficient (Wildman–Crippen LogP) is 5.05. The summed E-state index contributed by atoms with van der Waals surface area (Å²) in [5.41, 5.74) is 2.40. The Morgan fingerprint density at radius 2 is 1.97 bits per heavy atom. The van der Waals surface area contributed by atoms with Crippen molar-refractivity contribution in [1.82, 2.24) is 14.3 Å². The second-order valence-corrected chi connectivity index (χ2v) is 9.02. The topological polar surface area (TPSA) is 46.8 Å². The quantitative estimate of drug-likeness (QED) is 0.374. The minimum Gasteiger partial charge on any atom is -0.497 e. The van der Waals surface area contributed by atoms with E-state index >= 15 is 0 Å². The lowest BCUT2D eigenvalue weighted by atomic mass is 10.1. The van der Waals surface area contributed by atoms with Gasteiger partial charge in [-0.2, -0.15) is 0 Å². The maximum absolute atomic E-state index is 12.6. The average Bonchev–Trinajstić information content (AvgIpc) is 3.27. The Balaban J connectivity index is 1.61. The molecule has 4 aromatic rings. The largest absolute Gasteiger partial charge is 0.497 e. The molecule has 1 unspecified atom stereocenters. The van der Waals surface area contributed by atoms with Crippen LogP contribution in [0.2, 0.25) is 5.02 Å². The molecule has 0 fully saturated rings. The summed E-state index contributed by atoms with van der Waals surface area (Å²) in [5.74, 6) is 0.838. The number of pyridine rings is 1. The third kappa shape index (κ3) is 5.34. The first kappa shape index (κ1) is 21.6. The molecule has 1 aromatic carbocycles. The number of ether oxygens (including phenoxy) is 1. The third-order valence-electron chi connectivity index (χ3n) is 5.29. The Morgan fingerprint density at radius 1 is 1.16 bits per heavy atom. The van der Waals surface area contributed by atoms with Gasteiger partial charge in [0, 0.05) is 36.3 Å². The molecule has 0 aliphatic carbocycles. The molecular formula is C24H24ClN3O2S. The van der Waals surface area contributed by atoms with Crippen LogP contribution in [0.5, 0.6) is 5.75 Å². The van der Waals surface area contributed by atoms with Crippen molar-refractivity contribution in [3.8, 4) is 5.75 Å². The number of hydrogen-bond acceptors (Lipinski definition) is 5. The number of halogens is 1. The molecule has 7 heteroatoms. The Bertz CT molecular complexity index is 1210. The van der Waals surface area contributed by atoms with Crippen LogP contribution in [0.3, 0.4) is 0 Å². The van der Waals surface area contributed by atoms with Crippen molar-refractivity contribution in [2.24, 2.45) is 0 Å². The highest BCUT2D eigenvalue weighted by molar-refractivity contribution is 7.09. The van der Waals surface area contributed by atoms with Gasteiger partial charge in [0.15, 0.2) is 0 Å². The van der Waals surface area contributed by atoms with Crippen LogP contribution in [-0.2, 0) is 19.5 Å². The first-order chi connectivity index (χ1) is 15.0. The Labute approximate surface area is 190 Å². The molecule has 1 atom stereocenters. The van der Waals surface area contributed by atoms with Crippen molar-refractivity contribution in [1.29, 1.82) is 0 Å². The van der Waals surface area contributed by atoms with Crippen LogP contribution in [0, 0.1) is 0 Å². The number of nitrogens with zero attached hydrogens (tertiary/aromatic N) is 3. The molecule has 31 heavy (non-hydrogen) atoms. The molecule has 0 aliphatic heterocycles. The first-order valence-corrected chi connectivity index (χ1v) is 11.3. The molecule has 0 N–H and O–H groups in total. The zero-order chi connectivity index (χ0) is 21.8. The van der Waals surface area contributed by atoms with Crippen LogP contribution < -0.4 is 10.3 Å². The normalized spacial score (nSPS) is 12.4.